The van der Waals surface area contributed by atoms with Crippen molar-refractivity contribution >= 4 is 17.9 Å². The number of benzene rings is 1. The van der Waals surface area contributed by atoms with Crippen LogP contribution in [0.15, 0.2) is 18.2 Å². The number of amides is 3. The Balaban J connectivity index is 0.000000333. The summed E-state index contributed by atoms with van der Waals surface area (Å²) in [6, 6.07) is 3.17. The topological polar surface area (TPSA) is 107 Å². The molecule has 0 spiro atoms. The van der Waals surface area contributed by atoms with Crippen LogP contribution in [0.3, 0.4) is 0 Å². The second-order valence-corrected chi connectivity index (χ2v) is 9.82. The lowest BCUT2D eigenvalue weighted by Gasteiger charge is -2.29. The first-order valence-electron chi connectivity index (χ1n) is 11.4. The summed E-state index contributed by atoms with van der Waals surface area (Å²) in [7, 11) is 0. The number of rotatable bonds is 10. The number of hydrogen-bond acceptors (Lipinski definition) is 4. The van der Waals surface area contributed by atoms with E-state index in [1.165, 1.54) is 4.90 Å². The van der Waals surface area contributed by atoms with Gasteiger partial charge in [-0.3, -0.25) is 14.9 Å². The highest BCUT2D eigenvalue weighted by molar-refractivity contribution is 6.04. The molecule has 2 aliphatic carbocycles. The van der Waals surface area contributed by atoms with Gasteiger partial charge in [0.15, 0.2) is 0 Å². The molecular formula is C24H33F3N2O5. The second kappa shape index (κ2) is 11.2. The van der Waals surface area contributed by atoms with Crippen molar-refractivity contribution in [2.75, 3.05) is 6.54 Å². The van der Waals surface area contributed by atoms with Gasteiger partial charge in [-0.25, -0.2) is 4.79 Å². The number of fused-ring (bicyclic) bond motifs is 1. The molecule has 3 N–H and O–H groups in total. The summed E-state index contributed by atoms with van der Waals surface area (Å²) in [6.07, 6.45) is -0.509. The highest BCUT2D eigenvalue weighted by Crippen LogP contribution is 2.42. The van der Waals surface area contributed by atoms with Crippen LogP contribution < -0.4 is 5.32 Å². The van der Waals surface area contributed by atoms with Crippen LogP contribution in [-0.4, -0.2) is 51.7 Å². The van der Waals surface area contributed by atoms with E-state index in [1.54, 1.807) is 6.07 Å². The molecule has 3 aliphatic rings. The number of hydrogen-bond donors (Lipinski definition) is 3. The Morgan fingerprint density at radius 3 is 2.15 bits per heavy atom. The Bertz CT molecular complexity index is 875. The molecule has 10 heteroatoms. The van der Waals surface area contributed by atoms with E-state index >= 15 is 0 Å². The first-order valence-corrected chi connectivity index (χ1v) is 11.4. The summed E-state index contributed by atoms with van der Waals surface area (Å²) in [5.74, 6) is -1.07. The third-order valence-corrected chi connectivity index (χ3v) is 5.94. The van der Waals surface area contributed by atoms with E-state index in [-0.39, 0.29) is 17.7 Å². The van der Waals surface area contributed by atoms with E-state index in [0.29, 0.717) is 25.8 Å². The van der Waals surface area contributed by atoms with Gasteiger partial charge in [-0.2, -0.15) is 13.2 Å². The Kier molecular flexibility index (Phi) is 9.10. The molecular weight excluding hydrogens is 453 g/mol. The maximum Gasteiger partial charge on any atom is 0.416 e. The molecule has 0 aromatic carbocycles. The highest BCUT2D eigenvalue weighted by atomic mass is 19.4. The molecule has 0 aromatic rings. The van der Waals surface area contributed by atoms with E-state index in [0.717, 1.165) is 42.5 Å². The van der Waals surface area contributed by atoms with Gasteiger partial charge < -0.3 is 15.1 Å². The van der Waals surface area contributed by atoms with Crippen LogP contribution in [0.4, 0.5) is 18.0 Å². The summed E-state index contributed by atoms with van der Waals surface area (Å²) < 4.78 is 35.4. The maximum atomic E-state index is 11.9. The molecule has 0 bridgehead atoms. The number of nitrogens with one attached hydrogen (secondary N) is 1. The molecule has 1 heterocycles. The summed E-state index contributed by atoms with van der Waals surface area (Å²) in [4.78, 5) is 35.8. The molecule has 1 saturated heterocycles. The summed E-state index contributed by atoms with van der Waals surface area (Å²) >= 11 is 0. The van der Waals surface area contributed by atoms with Crippen molar-refractivity contribution in [3.8, 4) is 11.1 Å². The van der Waals surface area contributed by atoms with Gasteiger partial charge in [0.25, 0.3) is 5.91 Å². The third kappa shape index (κ3) is 8.30. The van der Waals surface area contributed by atoms with E-state index in [1.807, 2.05) is 20.8 Å². The van der Waals surface area contributed by atoms with Gasteiger partial charge in [0.2, 0.25) is 0 Å². The van der Waals surface area contributed by atoms with Gasteiger partial charge in [-0.05, 0) is 54.0 Å². The molecule has 0 aromatic heterocycles. The highest BCUT2D eigenvalue weighted by Gasteiger charge is 2.38. The number of aliphatic carboxylic acids is 1. The van der Waals surface area contributed by atoms with Gasteiger partial charge in [-0.15, -0.1) is 0 Å². The second-order valence-electron chi connectivity index (χ2n) is 9.82. The zero-order valence-electron chi connectivity index (χ0n) is 19.7. The lowest BCUT2D eigenvalue weighted by molar-refractivity contribution is -0.138. The first-order chi connectivity index (χ1) is 15.7. The fourth-order valence-corrected chi connectivity index (χ4v) is 3.67. The molecule has 2 unspecified atom stereocenters. The number of halogens is 3. The van der Waals surface area contributed by atoms with Crippen molar-refractivity contribution in [3.05, 3.63) is 23.8 Å². The summed E-state index contributed by atoms with van der Waals surface area (Å²) in [5.41, 5.74) is 0.666. The molecule has 34 heavy (non-hydrogen) atoms. The SMILES string of the molecule is CC(C)(C)C(O)CCN1C(=O)NC(=O)C1CCCCCCC(=O)O.FC(F)(F)c1cc2cc-2c1. The van der Waals surface area contributed by atoms with Crippen LogP contribution in [0.1, 0.15) is 71.3 Å². The van der Waals surface area contributed by atoms with Gasteiger partial charge >= 0.3 is 18.2 Å². The standard InChI is InChI=1S/C17H30N2O5.C7H3F3/c1-17(2,3)13(20)10-11-19-12(15(23)18-16(19)24)8-6-4-5-7-9-14(21)22;8-7(9,10)6-2-4-1-5(4)3-6/h12-13,20H,4-11H2,1-3H3,(H,21,22)(H,18,23,24);1-3H. The molecule has 0 saturated carbocycles. The molecule has 1 aliphatic heterocycles. The van der Waals surface area contributed by atoms with Crippen LogP contribution in [0, 0.1) is 5.41 Å². The van der Waals surface area contributed by atoms with Crippen LogP contribution in [0.5, 0.6) is 0 Å². The fraction of sp³-hybridized carbons (Fsp3) is 0.625. The van der Waals surface area contributed by atoms with Crippen molar-refractivity contribution in [2.45, 2.75) is 84.0 Å². The number of aliphatic hydroxyl groups excluding tert-OH is 1. The van der Waals surface area contributed by atoms with Crippen LogP contribution in [0.2, 0.25) is 0 Å². The predicted molar refractivity (Wildman–Crippen MR) is 120 cm³/mol. The summed E-state index contributed by atoms with van der Waals surface area (Å²) in [6.45, 7) is 6.14. The van der Waals surface area contributed by atoms with Gasteiger partial charge in [0.1, 0.15) is 6.04 Å². The number of carboxylic acids is 1. The smallest absolute Gasteiger partial charge is 0.416 e. The normalized spacial score (nSPS) is 17.7. The molecule has 3 rings (SSSR count). The van der Waals surface area contributed by atoms with E-state index in [4.69, 9.17) is 5.11 Å². The van der Waals surface area contributed by atoms with Crippen molar-refractivity contribution in [1.82, 2.24) is 10.2 Å². The summed E-state index contributed by atoms with van der Waals surface area (Å²) in [5, 5.41) is 21.0. The van der Waals surface area contributed by atoms with Crippen molar-refractivity contribution in [2.24, 2.45) is 5.41 Å². The van der Waals surface area contributed by atoms with Crippen molar-refractivity contribution in [3.63, 3.8) is 0 Å². The quantitative estimate of drug-likeness (QED) is 0.330. The number of carbonyl (C=O) groups excluding carboxylic acids is 2. The lowest BCUT2D eigenvalue weighted by atomic mass is 9.87. The molecule has 0 radical (unpaired) electrons. The first kappa shape index (κ1) is 27.6. The average molecular weight is 487 g/mol. The zero-order valence-corrected chi connectivity index (χ0v) is 19.7. The monoisotopic (exact) mass is 486 g/mol. The van der Waals surface area contributed by atoms with Gasteiger partial charge in [-0.1, -0.05) is 40.0 Å². The van der Waals surface area contributed by atoms with Crippen molar-refractivity contribution in [1.29, 1.82) is 0 Å². The molecule has 7 nitrogen and oxygen atoms in total. The fourth-order valence-electron chi connectivity index (χ4n) is 3.67. The minimum atomic E-state index is -4.17. The largest absolute Gasteiger partial charge is 0.481 e. The van der Waals surface area contributed by atoms with Crippen LogP contribution in [0.25, 0.3) is 11.1 Å². The molecule has 3 amide bonds. The number of nitrogens with zero attached hydrogens (tertiary/aromatic N) is 1. The van der Waals surface area contributed by atoms with Crippen LogP contribution in [-0.2, 0) is 15.8 Å². The average Bonchev–Trinajstić information content (AvgIpc) is 3.21. The minimum Gasteiger partial charge on any atom is -0.481 e. The number of carbonyl (C=O) groups is 3. The number of carboxylic acid groups (broad SMARTS) is 1. The Labute approximate surface area is 197 Å². The molecule has 2 atom stereocenters. The van der Waals surface area contributed by atoms with Gasteiger partial charge in [0, 0.05) is 13.0 Å². The predicted octanol–water partition coefficient (Wildman–Crippen LogP) is 4.81. The number of aliphatic hydroxyl groups is 1. The zero-order chi connectivity index (χ0) is 25.7. The Hall–Kier alpha value is -2.62. The van der Waals surface area contributed by atoms with E-state index in [9.17, 15) is 32.7 Å². The van der Waals surface area contributed by atoms with E-state index < -0.39 is 35.9 Å². The maximum absolute atomic E-state index is 11.9. The third-order valence-electron chi connectivity index (χ3n) is 5.94. The van der Waals surface area contributed by atoms with Crippen LogP contribution >= 0.6 is 0 Å². The molecule has 190 valence electrons. The molecule has 1 fully saturated rings. The number of urea groups is 1. The number of unbranched alkanes of at least 4 members (excludes halogenated alkanes) is 3. The van der Waals surface area contributed by atoms with Gasteiger partial charge in [0.05, 0.1) is 11.7 Å². The van der Waals surface area contributed by atoms with E-state index in [2.05, 4.69) is 5.32 Å². The number of imide groups is 1. The Morgan fingerprint density at radius 1 is 1.06 bits per heavy atom. The Morgan fingerprint density at radius 2 is 1.65 bits per heavy atom. The number of alkyl halides is 3. The lowest BCUT2D eigenvalue weighted by Crippen LogP contribution is -2.39. The van der Waals surface area contributed by atoms with Crippen molar-refractivity contribution < 1.29 is 37.8 Å². The minimum absolute atomic E-state index is 0.166.